The van der Waals surface area contributed by atoms with Crippen molar-refractivity contribution in [3.8, 4) is 0 Å². The zero-order chi connectivity index (χ0) is 56.1. The monoisotopic (exact) mass is 1310 g/mol. The van der Waals surface area contributed by atoms with Gasteiger partial charge in [-0.15, -0.1) is 0 Å². The Bertz CT molecular complexity index is 2740. The number of halogens is 2. The Kier molecular flexibility index (Phi) is 20.9. The molecule has 76 heavy (non-hydrogen) atoms. The van der Waals surface area contributed by atoms with Crippen molar-refractivity contribution in [3.63, 3.8) is 0 Å². The number of carbonyl (C=O) groups excluding carboxylic acids is 5. The molecule has 4 aliphatic rings. The number of hydrogen-bond acceptors (Lipinski definition) is 11. The maximum absolute atomic E-state index is 13.7. The van der Waals surface area contributed by atoms with Crippen molar-refractivity contribution in [1.82, 2.24) is 48.8 Å². The molecule has 18 nitrogen and oxygen atoms in total. The van der Waals surface area contributed by atoms with E-state index >= 15 is 0 Å². The summed E-state index contributed by atoms with van der Waals surface area (Å²) < 4.78 is 8.35. The summed E-state index contributed by atoms with van der Waals surface area (Å²) in [6.07, 6.45) is 8.55. The molecular weight excluding hydrogens is 1230 g/mol. The third-order valence-corrected chi connectivity index (χ3v) is 15.8. The van der Waals surface area contributed by atoms with E-state index < -0.39 is 17.0 Å². The molecule has 2 saturated carbocycles. The Morgan fingerprint density at radius 3 is 1.22 bits per heavy atom. The summed E-state index contributed by atoms with van der Waals surface area (Å²) in [7, 11) is 2.04. The Morgan fingerprint density at radius 2 is 0.921 bits per heavy atom. The molecule has 4 amide bonds. The molecule has 0 unspecified atom stereocenters. The van der Waals surface area contributed by atoms with Gasteiger partial charge in [-0.1, -0.05) is 55.4 Å². The number of hydrogen-bond donors (Lipinski definition) is 1. The first-order valence-electron chi connectivity index (χ1n) is 27.0. The van der Waals surface area contributed by atoms with Gasteiger partial charge < -0.3 is 29.4 Å². The molecule has 8 rings (SSSR count). The van der Waals surface area contributed by atoms with E-state index in [0.717, 1.165) is 28.2 Å². The molecule has 4 aromatic rings. The van der Waals surface area contributed by atoms with Gasteiger partial charge in [0, 0.05) is 62.2 Å². The van der Waals surface area contributed by atoms with Crippen LogP contribution in [0.1, 0.15) is 202 Å². The molecule has 4 fully saturated rings. The number of carboxylic acid groups (broad SMARTS) is 1. The zero-order valence-corrected chi connectivity index (χ0v) is 52.5. The Balaban J connectivity index is 0.000000235. The molecule has 21 heteroatoms. The summed E-state index contributed by atoms with van der Waals surface area (Å²) in [6.45, 7) is 27.6. The maximum atomic E-state index is 13.7. The van der Waals surface area contributed by atoms with Gasteiger partial charge >= 0.3 is 61.4 Å². The number of carboxylic acids is 1. The van der Waals surface area contributed by atoms with Crippen LogP contribution < -0.4 is 0 Å². The van der Waals surface area contributed by atoms with E-state index in [9.17, 15) is 33.9 Å². The predicted molar refractivity (Wildman–Crippen MR) is 304 cm³/mol. The Hall–Kier alpha value is -3.90. The number of esters is 1. The average molecular weight is 1310 g/mol. The summed E-state index contributed by atoms with van der Waals surface area (Å²) in [5.74, 6) is -0.650. The number of nitrogens with zero attached hydrogens (tertiary/aromatic N) is 10. The molecule has 1 N–H and O–H groups in total. The quantitative estimate of drug-likeness (QED) is 0.116. The molecule has 2 saturated heterocycles. The number of ether oxygens (including phenoxy) is 1. The first kappa shape index (κ1) is 61.3. The van der Waals surface area contributed by atoms with Crippen LogP contribution in [0.2, 0.25) is 0 Å². The molecule has 2 aliphatic heterocycles. The molecule has 2 aliphatic carbocycles. The van der Waals surface area contributed by atoms with E-state index in [2.05, 4.69) is 107 Å². The third-order valence-electron chi connectivity index (χ3n) is 15.8. The summed E-state index contributed by atoms with van der Waals surface area (Å²) in [5, 5.41) is 18.7. The van der Waals surface area contributed by atoms with E-state index in [1.165, 1.54) is 7.11 Å². The Morgan fingerprint density at radius 1 is 0.579 bits per heavy atom. The second-order valence-corrected chi connectivity index (χ2v) is 35.3. The molecule has 6 heterocycles. The van der Waals surface area contributed by atoms with E-state index in [1.54, 1.807) is 21.4 Å². The van der Waals surface area contributed by atoms with Crippen LogP contribution in [0.3, 0.4) is 0 Å². The van der Waals surface area contributed by atoms with E-state index in [1.807, 2.05) is 47.3 Å². The van der Waals surface area contributed by atoms with Gasteiger partial charge in [0.2, 0.25) is 11.8 Å². The van der Waals surface area contributed by atoms with E-state index in [0.29, 0.717) is 117 Å². The van der Waals surface area contributed by atoms with Gasteiger partial charge in [-0.05, 0) is 115 Å². The number of amides is 4. The number of carbonyl (C=O) groups is 6. The van der Waals surface area contributed by atoms with Crippen LogP contribution in [0, 0.1) is 23.7 Å². The average Bonchev–Trinajstić information content (AvgIpc) is 4.02. The summed E-state index contributed by atoms with van der Waals surface area (Å²) in [5.41, 5.74) is 5.16. The molecule has 4 aromatic heterocycles. The number of imidazole rings is 2. The summed E-state index contributed by atoms with van der Waals surface area (Å²) in [4.78, 5) is 93.7. The molecule has 0 radical (unpaired) electrons. The second kappa shape index (κ2) is 25.9. The minimum absolute atomic E-state index is 0.0759. The SMILES string of the molecule is CC(C)c1cc(C(C)C)c2nc(C(=O)N3CCN(C(=O)C4CCC(C(=O)O)CC4)CC3(C)C)cn2n1.COC(=O)C1CCC(C(=O)N2CCN(C(=O)c3cn4nc(C(C)C)cc(C(C)C)c4n3)C(C)(C)C2)CC1.[I][V][I]. The van der Waals surface area contributed by atoms with Crippen LogP contribution in [0.4, 0.5) is 0 Å². The third kappa shape index (κ3) is 14.1. The standard InChI is InChI=1S/C28H41N5O4.C27H39N5O4.2HI.V/c1-17(2)21-14-22(18(3)4)30-33-15-23(29-24(21)33)26(35)32-13-12-31(16-28(32,5)6)25(34)19-8-10-20(11-9-19)27(36)37-7;1-16(2)20-13-21(17(3)4)29-32-14-22(28-23(20)32)25(34)31-12-11-30(15-27(31,5)6)24(33)18-7-9-19(10-8-18)26(35)36;;;/h14-15,17-20H,8-13,16H2,1-7H3;13-14,16-19H,7-12,15H2,1-6H3,(H,35,36);2*1H;/q;;;;+2/p-2. The fraction of sp³-hybridized carbons (Fsp3) is 0.673. The fourth-order valence-corrected chi connectivity index (χ4v) is 11.2. The first-order valence-corrected chi connectivity index (χ1v) is 36.0. The normalized spacial score (nSPS) is 21.6. The van der Waals surface area contributed by atoms with Crippen LogP contribution in [0.5, 0.6) is 0 Å². The number of aromatic nitrogens is 6. The van der Waals surface area contributed by atoms with Crippen LogP contribution in [-0.2, 0) is 33.4 Å². The molecule has 0 atom stereocenters. The molecular formula is C55H80I2N10O8V. The van der Waals surface area contributed by atoms with E-state index in [4.69, 9.17) is 24.9 Å². The fourth-order valence-electron chi connectivity index (χ4n) is 11.2. The van der Waals surface area contributed by atoms with Crippen LogP contribution in [-0.4, -0.2) is 147 Å². The van der Waals surface area contributed by atoms with Crippen molar-refractivity contribution >= 4 is 86.8 Å². The zero-order valence-electron chi connectivity index (χ0n) is 46.8. The van der Waals surface area contributed by atoms with Gasteiger partial charge in [0.15, 0.2) is 11.3 Å². The van der Waals surface area contributed by atoms with E-state index in [-0.39, 0.29) is 76.9 Å². The predicted octanol–water partition coefficient (Wildman–Crippen LogP) is 9.72. The Labute approximate surface area is 477 Å². The van der Waals surface area contributed by atoms with Crippen LogP contribution >= 0.6 is 40.0 Å². The van der Waals surface area contributed by atoms with Crippen molar-refractivity contribution in [2.45, 2.75) is 169 Å². The van der Waals surface area contributed by atoms with Crippen molar-refractivity contribution in [1.29, 1.82) is 0 Å². The van der Waals surface area contributed by atoms with Gasteiger partial charge in [0.1, 0.15) is 11.4 Å². The van der Waals surface area contributed by atoms with Gasteiger partial charge in [-0.2, -0.15) is 10.2 Å². The van der Waals surface area contributed by atoms with Crippen molar-refractivity contribution in [2.75, 3.05) is 46.4 Å². The molecule has 417 valence electrons. The second-order valence-electron chi connectivity index (χ2n) is 23.5. The number of piperazine rings is 2. The first-order chi connectivity index (χ1) is 35.7. The minimum atomic E-state index is -0.766. The van der Waals surface area contributed by atoms with Crippen molar-refractivity contribution < 1.29 is 48.1 Å². The molecule has 0 aromatic carbocycles. The molecule has 0 spiro atoms. The van der Waals surface area contributed by atoms with Crippen LogP contribution in [0.15, 0.2) is 24.5 Å². The van der Waals surface area contributed by atoms with Crippen molar-refractivity contribution in [3.05, 3.63) is 58.4 Å². The van der Waals surface area contributed by atoms with Gasteiger partial charge in [-0.25, -0.2) is 19.0 Å². The van der Waals surface area contributed by atoms with Gasteiger partial charge in [0.25, 0.3) is 11.8 Å². The van der Waals surface area contributed by atoms with Crippen molar-refractivity contribution in [2.24, 2.45) is 23.7 Å². The number of fused-ring (bicyclic) bond motifs is 2. The number of rotatable bonds is 10. The number of aliphatic carboxylic acids is 1. The van der Waals surface area contributed by atoms with Gasteiger partial charge in [0.05, 0.1) is 53.8 Å². The summed E-state index contributed by atoms with van der Waals surface area (Å²) in [6, 6.07) is 4.18. The topological polar surface area (TPSA) is 205 Å². The van der Waals surface area contributed by atoms with Crippen LogP contribution in [0.25, 0.3) is 11.3 Å². The number of methoxy groups -OCH3 is 1. The summed E-state index contributed by atoms with van der Waals surface area (Å²) >= 11 is 4.74. The van der Waals surface area contributed by atoms with Gasteiger partial charge in [-0.3, -0.25) is 28.8 Å². The molecule has 0 bridgehead atoms.